The maximum absolute atomic E-state index is 13.1. The number of benzene rings is 1. The van der Waals surface area contributed by atoms with Crippen molar-refractivity contribution in [2.45, 2.75) is 18.4 Å². The Balaban J connectivity index is 1.91. The summed E-state index contributed by atoms with van der Waals surface area (Å²) < 4.78 is 53.5. The molecule has 128 valence electrons. The number of hydrogen-bond acceptors (Lipinski definition) is 5. The molecule has 1 aromatic rings. The van der Waals surface area contributed by atoms with Crippen LogP contribution in [0.4, 0.5) is 14.5 Å². The summed E-state index contributed by atoms with van der Waals surface area (Å²) in [7, 11) is -3.12. The van der Waals surface area contributed by atoms with Crippen LogP contribution >= 0.6 is 0 Å². The smallest absolute Gasteiger partial charge is 0.262 e. The van der Waals surface area contributed by atoms with Crippen LogP contribution in [-0.2, 0) is 14.6 Å². The van der Waals surface area contributed by atoms with Gasteiger partial charge in [-0.05, 0) is 12.1 Å². The maximum atomic E-state index is 13.1. The largest absolute Gasteiger partial charge is 0.492 e. The summed E-state index contributed by atoms with van der Waals surface area (Å²) in [5.41, 5.74) is 0.392. The zero-order valence-corrected chi connectivity index (χ0v) is 13.3. The molecule has 1 amide bonds. The molecule has 1 saturated heterocycles. The molecule has 23 heavy (non-hydrogen) atoms. The molecule has 0 spiro atoms. The lowest BCUT2D eigenvalue weighted by Gasteiger charge is -2.12. The minimum Gasteiger partial charge on any atom is -0.492 e. The molecule has 0 aliphatic carbocycles. The molecule has 9 heteroatoms. The first-order valence-electron chi connectivity index (χ1n) is 6.97. The number of alkyl halides is 2. The zero-order valence-electron chi connectivity index (χ0n) is 12.5. The van der Waals surface area contributed by atoms with Gasteiger partial charge in [-0.2, -0.15) is 0 Å². The summed E-state index contributed by atoms with van der Waals surface area (Å²) in [4.78, 5) is 11.9. The topological polar surface area (TPSA) is 84.5 Å². The summed E-state index contributed by atoms with van der Waals surface area (Å²) in [5, 5.41) is 5.01. The van der Waals surface area contributed by atoms with Gasteiger partial charge in [-0.25, -0.2) is 17.2 Å². The van der Waals surface area contributed by atoms with E-state index >= 15 is 0 Å². The van der Waals surface area contributed by atoms with Crippen molar-refractivity contribution < 1.29 is 26.7 Å². The van der Waals surface area contributed by atoms with Crippen LogP contribution in [0.2, 0.25) is 0 Å². The fourth-order valence-corrected chi connectivity index (χ4v) is 2.49. The summed E-state index contributed by atoms with van der Waals surface area (Å²) in [6, 6.07) is 5.38. The van der Waals surface area contributed by atoms with Crippen molar-refractivity contribution in [2.24, 2.45) is 0 Å². The fraction of sp³-hybridized carbons (Fsp3) is 0.500. The molecule has 1 aliphatic heterocycles. The first-order valence-corrected chi connectivity index (χ1v) is 9.03. The Kier molecular flexibility index (Phi) is 5.20. The average molecular weight is 348 g/mol. The van der Waals surface area contributed by atoms with E-state index in [4.69, 9.17) is 4.74 Å². The van der Waals surface area contributed by atoms with E-state index < -0.39 is 40.7 Å². The van der Waals surface area contributed by atoms with E-state index in [9.17, 15) is 22.0 Å². The molecule has 0 saturated carbocycles. The Morgan fingerprint density at radius 2 is 2.22 bits per heavy atom. The van der Waals surface area contributed by atoms with E-state index in [1.54, 1.807) is 18.2 Å². The van der Waals surface area contributed by atoms with Crippen molar-refractivity contribution >= 4 is 21.4 Å². The van der Waals surface area contributed by atoms with Crippen LogP contribution in [-0.4, -0.2) is 51.4 Å². The number of sulfone groups is 1. The van der Waals surface area contributed by atoms with Crippen molar-refractivity contribution in [3.63, 3.8) is 0 Å². The molecule has 1 aliphatic rings. The van der Waals surface area contributed by atoms with Gasteiger partial charge in [0.25, 0.3) is 5.92 Å². The Morgan fingerprint density at radius 3 is 2.83 bits per heavy atom. The Labute approximate surface area is 133 Å². The number of carbonyl (C=O) groups excluding carboxylic acids is 1. The van der Waals surface area contributed by atoms with Crippen molar-refractivity contribution in [2.75, 3.05) is 30.5 Å². The van der Waals surface area contributed by atoms with E-state index in [-0.39, 0.29) is 12.4 Å². The quantitative estimate of drug-likeness (QED) is 0.803. The van der Waals surface area contributed by atoms with Crippen molar-refractivity contribution in [3.05, 3.63) is 24.3 Å². The van der Waals surface area contributed by atoms with Crippen LogP contribution in [0.15, 0.2) is 24.3 Å². The molecule has 6 nitrogen and oxygen atoms in total. The van der Waals surface area contributed by atoms with Crippen LogP contribution in [0.3, 0.4) is 0 Å². The van der Waals surface area contributed by atoms with Crippen LogP contribution in [0.5, 0.6) is 5.75 Å². The summed E-state index contributed by atoms with van der Waals surface area (Å²) in [6.07, 6.45) is 0.570. The van der Waals surface area contributed by atoms with Gasteiger partial charge in [-0.15, -0.1) is 0 Å². The van der Waals surface area contributed by atoms with Gasteiger partial charge in [0.2, 0.25) is 5.91 Å². The number of halogens is 2. The second kappa shape index (κ2) is 6.79. The molecule has 2 N–H and O–H groups in total. The Bertz CT molecular complexity index is 679. The lowest BCUT2D eigenvalue weighted by atomic mass is 10.2. The van der Waals surface area contributed by atoms with Gasteiger partial charge >= 0.3 is 0 Å². The number of nitrogens with one attached hydrogen (secondary N) is 2. The third-order valence-electron chi connectivity index (χ3n) is 3.25. The highest BCUT2D eigenvalue weighted by Crippen LogP contribution is 2.26. The zero-order chi connectivity index (χ0) is 17.1. The third-order valence-corrected chi connectivity index (χ3v) is 4.16. The second-order valence-corrected chi connectivity index (χ2v) is 7.75. The molecule has 0 aromatic heterocycles. The molecular formula is C14H18F2N2O4S. The molecule has 1 atom stereocenters. The maximum Gasteiger partial charge on any atom is 0.262 e. The molecule has 0 radical (unpaired) electrons. The highest BCUT2D eigenvalue weighted by Gasteiger charge is 2.42. The highest BCUT2D eigenvalue weighted by molar-refractivity contribution is 7.90. The minimum atomic E-state index is -3.12. The van der Waals surface area contributed by atoms with Gasteiger partial charge in [0, 0.05) is 24.4 Å². The molecule has 1 unspecified atom stereocenters. The molecule has 0 bridgehead atoms. The van der Waals surface area contributed by atoms with Crippen LogP contribution in [0.25, 0.3) is 0 Å². The highest BCUT2D eigenvalue weighted by atomic mass is 32.2. The van der Waals surface area contributed by atoms with Gasteiger partial charge in [0.15, 0.2) is 9.84 Å². The predicted octanol–water partition coefficient (Wildman–Crippen LogP) is 1.05. The van der Waals surface area contributed by atoms with Gasteiger partial charge in [0.1, 0.15) is 12.4 Å². The van der Waals surface area contributed by atoms with E-state index in [0.29, 0.717) is 11.4 Å². The van der Waals surface area contributed by atoms with Gasteiger partial charge < -0.3 is 10.1 Å². The summed E-state index contributed by atoms with van der Waals surface area (Å²) >= 11 is 0. The monoisotopic (exact) mass is 348 g/mol. The fourth-order valence-electron chi connectivity index (χ4n) is 2.10. The van der Waals surface area contributed by atoms with Crippen molar-refractivity contribution in [1.29, 1.82) is 0 Å². The van der Waals surface area contributed by atoms with E-state index in [0.717, 1.165) is 6.26 Å². The standard InChI is InChI=1S/C14H18F2N2O4S/c1-23(20,21)6-5-22-11-4-2-3-10(7-11)18-13(19)12-8-14(15,16)9-17-12/h2-4,7,12,17H,5-6,8-9H2,1H3,(H,18,19). The number of rotatable bonds is 6. The normalized spacial score (nSPS) is 20.2. The lowest BCUT2D eigenvalue weighted by Crippen LogP contribution is -2.35. The average Bonchev–Trinajstić information content (AvgIpc) is 2.78. The molecular weight excluding hydrogens is 330 g/mol. The molecule has 2 rings (SSSR count). The Morgan fingerprint density at radius 1 is 1.48 bits per heavy atom. The molecule has 1 fully saturated rings. The number of amides is 1. The second-order valence-electron chi connectivity index (χ2n) is 5.49. The van der Waals surface area contributed by atoms with Gasteiger partial charge in [-0.3, -0.25) is 10.1 Å². The number of hydrogen-bond donors (Lipinski definition) is 2. The van der Waals surface area contributed by atoms with Crippen molar-refractivity contribution in [3.8, 4) is 5.75 Å². The predicted molar refractivity (Wildman–Crippen MR) is 81.6 cm³/mol. The summed E-state index contributed by atoms with van der Waals surface area (Å²) in [6.45, 7) is -0.521. The SMILES string of the molecule is CS(=O)(=O)CCOc1cccc(NC(=O)C2CC(F)(F)CN2)c1. The van der Waals surface area contributed by atoms with Gasteiger partial charge in [-0.1, -0.05) is 6.07 Å². The number of ether oxygens (including phenoxy) is 1. The summed E-state index contributed by atoms with van der Waals surface area (Å²) in [5.74, 6) is -3.16. The first kappa shape index (κ1) is 17.6. The lowest BCUT2D eigenvalue weighted by molar-refractivity contribution is -0.118. The van der Waals surface area contributed by atoms with Crippen LogP contribution in [0, 0.1) is 0 Å². The van der Waals surface area contributed by atoms with Crippen LogP contribution < -0.4 is 15.4 Å². The number of carbonyl (C=O) groups is 1. The van der Waals surface area contributed by atoms with Crippen molar-refractivity contribution in [1.82, 2.24) is 5.32 Å². The molecule has 1 aromatic carbocycles. The first-order chi connectivity index (χ1) is 10.6. The van der Waals surface area contributed by atoms with E-state index in [2.05, 4.69) is 10.6 Å². The third kappa shape index (κ3) is 5.76. The Hall–Kier alpha value is -1.74. The minimum absolute atomic E-state index is 0.00731. The van der Waals surface area contributed by atoms with Crippen LogP contribution in [0.1, 0.15) is 6.42 Å². The van der Waals surface area contributed by atoms with E-state index in [1.807, 2.05) is 0 Å². The molecule has 1 heterocycles. The van der Waals surface area contributed by atoms with Gasteiger partial charge in [0.05, 0.1) is 18.3 Å². The number of anilines is 1. The van der Waals surface area contributed by atoms with E-state index in [1.165, 1.54) is 6.07 Å².